The molecule has 0 aromatic rings. The molecule has 0 bridgehead atoms. The highest BCUT2D eigenvalue weighted by atomic mass is 32.2. The first-order chi connectivity index (χ1) is 8.70. The highest BCUT2D eigenvalue weighted by Gasteiger charge is 2.24. The molecule has 1 unspecified atom stereocenters. The zero-order chi connectivity index (χ0) is 16.2. The van der Waals surface area contributed by atoms with Crippen molar-refractivity contribution in [3.8, 4) is 0 Å². The van der Waals surface area contributed by atoms with Crippen LogP contribution in [0.15, 0.2) is 0 Å². The van der Waals surface area contributed by atoms with Gasteiger partial charge in [-0.05, 0) is 25.7 Å². The van der Waals surface area contributed by atoms with Crippen LogP contribution in [0.4, 0.5) is 0 Å². The van der Waals surface area contributed by atoms with E-state index in [2.05, 4.69) is 30.8 Å². The van der Waals surface area contributed by atoms with Gasteiger partial charge in [0, 0.05) is 24.5 Å². The first-order valence-electron chi connectivity index (χ1n) is 6.71. The first kappa shape index (κ1) is 19.3. The van der Waals surface area contributed by atoms with Crippen LogP contribution < -0.4 is 15.8 Å². The Labute approximate surface area is 122 Å². The van der Waals surface area contributed by atoms with Crippen LogP contribution in [0.5, 0.6) is 0 Å². The third-order valence-electron chi connectivity index (χ3n) is 2.51. The maximum atomic E-state index is 11.8. The predicted octanol–water partition coefficient (Wildman–Crippen LogP) is 0.584. The zero-order valence-corrected chi connectivity index (χ0v) is 14.2. The van der Waals surface area contributed by atoms with Crippen molar-refractivity contribution in [1.29, 1.82) is 0 Å². The largest absolute Gasteiger partial charge is 0.354 e. The minimum Gasteiger partial charge on any atom is -0.354 e. The molecule has 7 heteroatoms. The lowest BCUT2D eigenvalue weighted by atomic mass is 9.87. The van der Waals surface area contributed by atoms with Gasteiger partial charge < -0.3 is 11.1 Å². The molecular formula is C13H29N3O3S. The highest BCUT2D eigenvalue weighted by Crippen LogP contribution is 2.20. The van der Waals surface area contributed by atoms with Crippen molar-refractivity contribution in [3.05, 3.63) is 0 Å². The van der Waals surface area contributed by atoms with Gasteiger partial charge in [0.15, 0.2) is 0 Å². The van der Waals surface area contributed by atoms with Crippen molar-refractivity contribution in [1.82, 2.24) is 10.0 Å². The maximum Gasteiger partial charge on any atom is 0.221 e. The van der Waals surface area contributed by atoms with Gasteiger partial charge in [-0.1, -0.05) is 20.8 Å². The average Bonchev–Trinajstić information content (AvgIpc) is 2.07. The molecule has 0 aromatic carbocycles. The molecule has 0 fully saturated rings. The van der Waals surface area contributed by atoms with Crippen LogP contribution in [0, 0.1) is 5.41 Å². The van der Waals surface area contributed by atoms with Gasteiger partial charge in [-0.15, -0.1) is 0 Å². The van der Waals surface area contributed by atoms with Crippen LogP contribution >= 0.6 is 0 Å². The molecule has 6 nitrogen and oxygen atoms in total. The minimum absolute atomic E-state index is 0.0802. The highest BCUT2D eigenvalue weighted by molar-refractivity contribution is 7.88. The van der Waals surface area contributed by atoms with E-state index < -0.39 is 15.6 Å². The van der Waals surface area contributed by atoms with Crippen molar-refractivity contribution in [2.24, 2.45) is 11.1 Å². The number of hydrogen-bond acceptors (Lipinski definition) is 4. The molecule has 120 valence electrons. The first-order valence-corrected chi connectivity index (χ1v) is 8.61. The lowest BCUT2D eigenvalue weighted by Gasteiger charge is -2.26. The van der Waals surface area contributed by atoms with Gasteiger partial charge in [0.2, 0.25) is 15.9 Å². The molecule has 0 rings (SSSR count). The van der Waals surface area contributed by atoms with E-state index in [0.29, 0.717) is 0 Å². The summed E-state index contributed by atoms with van der Waals surface area (Å²) in [5, 5.41) is 2.72. The molecule has 0 heterocycles. The molecule has 0 aromatic heterocycles. The van der Waals surface area contributed by atoms with Crippen LogP contribution in [-0.2, 0) is 14.8 Å². The Balaban J connectivity index is 4.23. The predicted molar refractivity (Wildman–Crippen MR) is 81.7 cm³/mol. The molecule has 0 aliphatic heterocycles. The number of amides is 1. The Morgan fingerprint density at radius 1 is 1.20 bits per heavy atom. The standard InChI is InChI=1S/C13H29N3O3S/c1-12(2,3)8-10(14)7-11(17)15-9-13(4,5)16-20(6,18)19/h10,16H,7-9,14H2,1-6H3,(H,15,17). The Morgan fingerprint density at radius 3 is 2.10 bits per heavy atom. The van der Waals surface area contributed by atoms with Crippen molar-refractivity contribution in [2.45, 2.75) is 59.0 Å². The quantitative estimate of drug-likeness (QED) is 0.640. The topological polar surface area (TPSA) is 101 Å². The van der Waals surface area contributed by atoms with Crippen LogP contribution in [-0.4, -0.2) is 38.7 Å². The van der Waals surface area contributed by atoms with Crippen LogP contribution in [0.2, 0.25) is 0 Å². The number of sulfonamides is 1. The number of carbonyl (C=O) groups is 1. The van der Waals surface area contributed by atoms with E-state index in [4.69, 9.17) is 5.73 Å². The molecule has 0 saturated carbocycles. The molecule has 0 aliphatic carbocycles. The third kappa shape index (κ3) is 11.2. The second-order valence-corrected chi connectivity index (χ2v) is 9.01. The van der Waals surface area contributed by atoms with E-state index in [1.54, 1.807) is 13.8 Å². The summed E-state index contributed by atoms with van der Waals surface area (Å²) in [5.41, 5.74) is 5.28. The van der Waals surface area contributed by atoms with Crippen LogP contribution in [0.25, 0.3) is 0 Å². The second kappa shape index (κ2) is 6.87. The summed E-state index contributed by atoms with van der Waals surface area (Å²) in [6, 6.07) is -0.194. The summed E-state index contributed by atoms with van der Waals surface area (Å²) in [7, 11) is -3.30. The van der Waals surface area contributed by atoms with E-state index >= 15 is 0 Å². The molecule has 0 aliphatic rings. The number of nitrogens with two attached hydrogens (primary N) is 1. The molecule has 20 heavy (non-hydrogen) atoms. The van der Waals surface area contributed by atoms with E-state index in [1.807, 2.05) is 0 Å². The second-order valence-electron chi connectivity index (χ2n) is 7.26. The summed E-state index contributed by atoms with van der Waals surface area (Å²) in [6.45, 7) is 9.87. The van der Waals surface area contributed by atoms with E-state index in [0.717, 1.165) is 12.7 Å². The number of rotatable bonds is 7. The Morgan fingerprint density at radius 2 is 1.70 bits per heavy atom. The van der Waals surface area contributed by atoms with Gasteiger partial charge in [-0.3, -0.25) is 4.79 Å². The number of hydrogen-bond donors (Lipinski definition) is 3. The van der Waals surface area contributed by atoms with Gasteiger partial charge >= 0.3 is 0 Å². The van der Waals surface area contributed by atoms with Gasteiger partial charge in [0.25, 0.3) is 0 Å². The maximum absolute atomic E-state index is 11.8. The summed E-state index contributed by atoms with van der Waals surface area (Å²) >= 11 is 0. The van der Waals surface area contributed by atoms with Gasteiger partial charge in [-0.2, -0.15) is 0 Å². The normalized spacial score (nSPS) is 14.9. The fourth-order valence-electron chi connectivity index (χ4n) is 2.03. The van der Waals surface area contributed by atoms with Crippen molar-refractivity contribution >= 4 is 15.9 Å². The fraction of sp³-hybridized carbons (Fsp3) is 0.923. The van der Waals surface area contributed by atoms with Crippen molar-refractivity contribution in [2.75, 3.05) is 12.8 Å². The molecule has 4 N–H and O–H groups in total. The molecular weight excluding hydrogens is 278 g/mol. The van der Waals surface area contributed by atoms with E-state index in [1.165, 1.54) is 0 Å². The summed E-state index contributed by atoms with van der Waals surface area (Å²) < 4.78 is 24.8. The average molecular weight is 307 g/mol. The molecule has 0 saturated heterocycles. The van der Waals surface area contributed by atoms with Crippen LogP contribution in [0.1, 0.15) is 47.5 Å². The zero-order valence-electron chi connectivity index (χ0n) is 13.4. The van der Waals surface area contributed by atoms with Crippen LogP contribution in [0.3, 0.4) is 0 Å². The summed E-state index contributed by atoms with van der Waals surface area (Å²) in [6.07, 6.45) is 2.09. The van der Waals surface area contributed by atoms with Gasteiger partial charge in [0.05, 0.1) is 6.26 Å². The Kier molecular flexibility index (Phi) is 6.64. The number of nitrogens with one attached hydrogen (secondary N) is 2. The lowest BCUT2D eigenvalue weighted by Crippen LogP contribution is -2.51. The summed E-state index contributed by atoms with van der Waals surface area (Å²) in [5.74, 6) is -0.162. The number of carbonyl (C=O) groups excluding carboxylic acids is 1. The van der Waals surface area contributed by atoms with E-state index in [9.17, 15) is 13.2 Å². The van der Waals surface area contributed by atoms with Crippen molar-refractivity contribution in [3.63, 3.8) is 0 Å². The molecule has 1 atom stereocenters. The summed E-state index contributed by atoms with van der Waals surface area (Å²) in [4.78, 5) is 11.8. The van der Waals surface area contributed by atoms with Gasteiger partial charge in [0.1, 0.15) is 0 Å². The third-order valence-corrected chi connectivity index (χ3v) is 3.43. The minimum atomic E-state index is -3.30. The lowest BCUT2D eigenvalue weighted by molar-refractivity contribution is -0.121. The van der Waals surface area contributed by atoms with E-state index in [-0.39, 0.29) is 30.3 Å². The smallest absolute Gasteiger partial charge is 0.221 e. The molecule has 0 spiro atoms. The SMILES string of the molecule is CC(C)(C)CC(N)CC(=O)NCC(C)(C)NS(C)(=O)=O. The fourth-order valence-corrected chi connectivity index (χ4v) is 3.10. The monoisotopic (exact) mass is 307 g/mol. The van der Waals surface area contributed by atoms with Crippen molar-refractivity contribution < 1.29 is 13.2 Å². The Hall–Kier alpha value is -0.660. The molecule has 1 amide bonds. The van der Waals surface area contributed by atoms with Gasteiger partial charge in [-0.25, -0.2) is 13.1 Å². The molecule has 0 radical (unpaired) electrons. The Bertz CT molecular complexity index is 425.